The maximum Gasteiger partial charge on any atom is 0.412 e. The number of hydrogen-bond acceptors (Lipinski definition) is 7. The molecule has 0 atom stereocenters. The summed E-state index contributed by atoms with van der Waals surface area (Å²) in [5, 5.41) is 2.76. The summed E-state index contributed by atoms with van der Waals surface area (Å²) in [6, 6.07) is 14.9. The van der Waals surface area contributed by atoms with Gasteiger partial charge in [-0.25, -0.2) is 19.0 Å². The molecular formula is C33H39FN4O5. The van der Waals surface area contributed by atoms with Crippen LogP contribution >= 0.6 is 0 Å². The topological polar surface area (TPSA) is 101 Å². The highest BCUT2D eigenvalue weighted by Crippen LogP contribution is 2.28. The molecule has 0 radical (unpaired) electrons. The van der Waals surface area contributed by atoms with Crippen molar-refractivity contribution in [1.82, 2.24) is 9.88 Å². The highest BCUT2D eigenvalue weighted by Gasteiger charge is 2.26. The summed E-state index contributed by atoms with van der Waals surface area (Å²) in [5.41, 5.74) is 1.76. The molecule has 3 aromatic rings. The monoisotopic (exact) mass is 590 g/mol. The molecule has 0 unspecified atom stereocenters. The minimum absolute atomic E-state index is 0.00421. The van der Waals surface area contributed by atoms with Gasteiger partial charge in [0, 0.05) is 50.0 Å². The van der Waals surface area contributed by atoms with E-state index in [4.69, 9.17) is 9.47 Å². The van der Waals surface area contributed by atoms with Gasteiger partial charge in [0.2, 0.25) is 0 Å². The fourth-order valence-corrected chi connectivity index (χ4v) is 4.56. The zero-order valence-electron chi connectivity index (χ0n) is 25.6. The Balaban J connectivity index is 1.47. The Morgan fingerprint density at radius 1 is 0.837 bits per heavy atom. The smallest absolute Gasteiger partial charge is 0.412 e. The lowest BCUT2D eigenvalue weighted by atomic mass is 9.97. The summed E-state index contributed by atoms with van der Waals surface area (Å²) in [6.07, 6.45) is 0.581. The van der Waals surface area contributed by atoms with Gasteiger partial charge in [-0.3, -0.25) is 10.1 Å². The van der Waals surface area contributed by atoms with Gasteiger partial charge in [0.05, 0.1) is 0 Å². The Hall–Kier alpha value is -4.47. The number of ether oxygens (including phenoxy) is 2. The van der Waals surface area contributed by atoms with E-state index in [1.54, 1.807) is 68.3 Å². The quantitative estimate of drug-likeness (QED) is 0.318. The second kappa shape index (κ2) is 12.8. The third kappa shape index (κ3) is 9.01. The molecule has 43 heavy (non-hydrogen) atoms. The van der Waals surface area contributed by atoms with Gasteiger partial charge < -0.3 is 19.3 Å². The molecule has 0 aliphatic carbocycles. The zero-order chi connectivity index (χ0) is 31.4. The van der Waals surface area contributed by atoms with Crippen LogP contribution in [0.15, 0.2) is 60.8 Å². The third-order valence-corrected chi connectivity index (χ3v) is 6.59. The lowest BCUT2D eigenvalue weighted by Crippen LogP contribution is -2.50. The average molecular weight is 591 g/mol. The predicted octanol–water partition coefficient (Wildman–Crippen LogP) is 6.72. The first-order chi connectivity index (χ1) is 20.2. The number of rotatable bonds is 6. The van der Waals surface area contributed by atoms with E-state index >= 15 is 0 Å². The molecule has 1 saturated heterocycles. The summed E-state index contributed by atoms with van der Waals surface area (Å²) in [7, 11) is 0. The van der Waals surface area contributed by atoms with E-state index < -0.39 is 17.3 Å². The normalized spacial score (nSPS) is 13.8. The van der Waals surface area contributed by atoms with Gasteiger partial charge in [-0.15, -0.1) is 0 Å². The van der Waals surface area contributed by atoms with Gasteiger partial charge >= 0.3 is 12.2 Å². The largest absolute Gasteiger partial charge is 0.444 e. The van der Waals surface area contributed by atoms with Crippen LogP contribution in [0.25, 0.3) is 11.1 Å². The number of aromatic nitrogens is 1. The Bertz CT molecular complexity index is 1450. The fraction of sp³-hybridized carbons (Fsp3) is 0.394. The van der Waals surface area contributed by atoms with Gasteiger partial charge in [0.15, 0.2) is 5.78 Å². The molecule has 0 spiro atoms. The second-order valence-electron chi connectivity index (χ2n) is 12.5. The SMILES string of the molecule is CC(C)(C)OC(=O)Nc1ccc(-c2ccc(F)cc2)cc1CC(=O)c1ccc(N2CCN(C(=O)OC(C)(C)C)CC2)nc1. The Kier molecular flexibility index (Phi) is 9.37. The van der Waals surface area contributed by atoms with Crippen molar-refractivity contribution >= 4 is 29.5 Å². The van der Waals surface area contributed by atoms with E-state index in [1.165, 1.54) is 12.1 Å². The van der Waals surface area contributed by atoms with Crippen LogP contribution in [-0.4, -0.2) is 65.2 Å². The Morgan fingerprint density at radius 2 is 1.47 bits per heavy atom. The molecular weight excluding hydrogens is 551 g/mol. The van der Waals surface area contributed by atoms with Crippen LogP contribution < -0.4 is 10.2 Å². The number of carbonyl (C=O) groups excluding carboxylic acids is 3. The molecule has 0 saturated carbocycles. The van der Waals surface area contributed by atoms with Crippen LogP contribution in [0.1, 0.15) is 57.5 Å². The van der Waals surface area contributed by atoms with Crippen molar-refractivity contribution < 1.29 is 28.2 Å². The fourth-order valence-electron chi connectivity index (χ4n) is 4.56. The Labute approximate surface area is 252 Å². The molecule has 9 nitrogen and oxygen atoms in total. The molecule has 1 aromatic heterocycles. The number of hydrogen-bond donors (Lipinski definition) is 1. The molecule has 2 heterocycles. The van der Waals surface area contributed by atoms with Gasteiger partial charge in [0.1, 0.15) is 22.8 Å². The highest BCUT2D eigenvalue weighted by atomic mass is 19.1. The van der Waals surface area contributed by atoms with Crippen molar-refractivity contribution in [1.29, 1.82) is 0 Å². The van der Waals surface area contributed by atoms with E-state index in [1.807, 2.05) is 26.8 Å². The number of halogens is 1. The number of Topliss-reactive ketones (excluding diaryl/α,β-unsaturated/α-hetero) is 1. The van der Waals surface area contributed by atoms with Gasteiger partial charge in [-0.2, -0.15) is 0 Å². The third-order valence-electron chi connectivity index (χ3n) is 6.59. The molecule has 4 rings (SSSR count). The number of nitrogens with zero attached hydrogens (tertiary/aromatic N) is 3. The lowest BCUT2D eigenvalue weighted by molar-refractivity contribution is 0.0240. The molecule has 228 valence electrons. The molecule has 1 aliphatic heterocycles. The number of benzene rings is 2. The first-order valence-corrected chi connectivity index (χ1v) is 14.3. The number of amides is 2. The van der Waals surface area contributed by atoms with Crippen molar-refractivity contribution in [3.8, 4) is 11.1 Å². The van der Waals surface area contributed by atoms with Crippen LogP contribution in [0.3, 0.4) is 0 Å². The number of anilines is 2. The van der Waals surface area contributed by atoms with E-state index in [0.717, 1.165) is 11.1 Å². The first kappa shape index (κ1) is 31.5. The summed E-state index contributed by atoms with van der Waals surface area (Å²) < 4.78 is 24.4. The Morgan fingerprint density at radius 3 is 2.05 bits per heavy atom. The minimum Gasteiger partial charge on any atom is -0.444 e. The van der Waals surface area contributed by atoms with Crippen LogP contribution in [0.4, 0.5) is 25.5 Å². The van der Waals surface area contributed by atoms with E-state index in [0.29, 0.717) is 48.8 Å². The number of piperazine rings is 1. The number of carbonyl (C=O) groups is 3. The van der Waals surface area contributed by atoms with Crippen molar-refractivity contribution in [3.05, 3.63) is 77.7 Å². The first-order valence-electron chi connectivity index (χ1n) is 14.3. The van der Waals surface area contributed by atoms with Crippen LogP contribution in [0, 0.1) is 5.82 Å². The van der Waals surface area contributed by atoms with E-state index in [2.05, 4.69) is 15.2 Å². The van der Waals surface area contributed by atoms with Crippen molar-refractivity contribution in [2.45, 2.75) is 59.2 Å². The maximum absolute atomic E-state index is 13.5. The van der Waals surface area contributed by atoms with Gasteiger partial charge in [0.25, 0.3) is 0 Å². The molecule has 1 aliphatic rings. The summed E-state index contributed by atoms with van der Waals surface area (Å²) in [6.45, 7) is 13.0. The minimum atomic E-state index is -0.691. The van der Waals surface area contributed by atoms with Crippen molar-refractivity contribution in [3.63, 3.8) is 0 Å². The molecule has 1 fully saturated rings. The number of pyridine rings is 1. The number of ketones is 1. The lowest BCUT2D eigenvalue weighted by Gasteiger charge is -2.36. The standard InChI is InChI=1S/C33H39FN4O5/c1-32(2,3)42-30(40)36-27-13-9-23(22-7-11-26(34)12-8-22)19-25(27)20-28(39)24-10-14-29(35-21-24)37-15-17-38(18-16-37)31(41)43-33(4,5)6/h7-14,19,21H,15-18,20H2,1-6H3,(H,36,40). The molecule has 1 N–H and O–H groups in total. The van der Waals surface area contributed by atoms with E-state index in [-0.39, 0.29) is 24.1 Å². The number of nitrogens with one attached hydrogen (secondary N) is 1. The summed E-state index contributed by atoms with van der Waals surface area (Å²) in [4.78, 5) is 46.6. The predicted molar refractivity (Wildman–Crippen MR) is 164 cm³/mol. The van der Waals surface area contributed by atoms with E-state index in [9.17, 15) is 18.8 Å². The molecule has 0 bridgehead atoms. The zero-order valence-corrected chi connectivity index (χ0v) is 25.6. The average Bonchev–Trinajstić information content (AvgIpc) is 2.92. The van der Waals surface area contributed by atoms with Crippen LogP contribution in [0.2, 0.25) is 0 Å². The second-order valence-corrected chi connectivity index (χ2v) is 12.5. The maximum atomic E-state index is 13.5. The van der Waals surface area contributed by atoms with Gasteiger partial charge in [-0.05, 0) is 94.6 Å². The van der Waals surface area contributed by atoms with Crippen molar-refractivity contribution in [2.24, 2.45) is 0 Å². The molecule has 10 heteroatoms. The molecule has 2 aromatic carbocycles. The highest BCUT2D eigenvalue weighted by molar-refractivity contribution is 5.99. The van der Waals surface area contributed by atoms with Crippen LogP contribution in [0.5, 0.6) is 0 Å². The summed E-state index contributed by atoms with van der Waals surface area (Å²) in [5.74, 6) is 0.187. The summed E-state index contributed by atoms with van der Waals surface area (Å²) >= 11 is 0. The molecule has 2 amide bonds. The van der Waals surface area contributed by atoms with Crippen molar-refractivity contribution in [2.75, 3.05) is 36.4 Å². The van der Waals surface area contributed by atoms with Crippen LogP contribution in [-0.2, 0) is 15.9 Å². The van der Waals surface area contributed by atoms with Gasteiger partial charge in [-0.1, -0.05) is 18.2 Å².